The van der Waals surface area contributed by atoms with Crippen LogP contribution in [0.1, 0.15) is 64.7 Å². The third kappa shape index (κ3) is 4.97. The number of hydrogen-bond acceptors (Lipinski definition) is 2. The van der Waals surface area contributed by atoms with E-state index in [2.05, 4.69) is 17.1 Å². The molecule has 1 unspecified atom stereocenters. The molecule has 1 aliphatic carbocycles. The number of unbranched alkanes of at least 4 members (excludes halogenated alkanes) is 5. The van der Waals surface area contributed by atoms with Crippen LogP contribution in [0.15, 0.2) is 0 Å². The van der Waals surface area contributed by atoms with Gasteiger partial charge in [0.05, 0.1) is 0 Å². The average molecular weight is 238 g/mol. The zero-order valence-electron chi connectivity index (χ0n) is 11.6. The van der Waals surface area contributed by atoms with Crippen molar-refractivity contribution in [3.63, 3.8) is 0 Å². The topological polar surface area (TPSA) is 15.3 Å². The van der Waals surface area contributed by atoms with Gasteiger partial charge in [-0.05, 0) is 32.2 Å². The Bertz CT molecular complexity index is 201. The fourth-order valence-corrected chi connectivity index (χ4v) is 2.94. The van der Waals surface area contributed by atoms with Crippen LogP contribution in [0.4, 0.5) is 0 Å². The Labute approximate surface area is 107 Å². The first-order valence-corrected chi connectivity index (χ1v) is 7.87. The molecule has 1 heterocycles. The lowest BCUT2D eigenvalue weighted by molar-refractivity contribution is 0.317. The van der Waals surface area contributed by atoms with Crippen LogP contribution in [0, 0.1) is 0 Å². The molecule has 1 N–H and O–H groups in total. The molecule has 1 saturated carbocycles. The molecular formula is C15H30N2. The van der Waals surface area contributed by atoms with E-state index in [4.69, 9.17) is 0 Å². The first-order chi connectivity index (χ1) is 8.40. The second-order valence-electron chi connectivity index (χ2n) is 5.93. The molecule has 0 radical (unpaired) electrons. The molecule has 100 valence electrons. The van der Waals surface area contributed by atoms with E-state index in [9.17, 15) is 0 Å². The Morgan fingerprint density at radius 2 is 1.76 bits per heavy atom. The van der Waals surface area contributed by atoms with E-state index < -0.39 is 0 Å². The first kappa shape index (κ1) is 13.4. The number of likely N-dealkylation sites (tertiary alicyclic amines) is 1. The lowest BCUT2D eigenvalue weighted by atomic mass is 10.1. The summed E-state index contributed by atoms with van der Waals surface area (Å²) in [6.45, 7) is 6.20. The number of hydrogen-bond donors (Lipinski definition) is 1. The molecule has 0 amide bonds. The molecular weight excluding hydrogens is 208 g/mol. The van der Waals surface area contributed by atoms with Crippen molar-refractivity contribution < 1.29 is 0 Å². The predicted molar refractivity (Wildman–Crippen MR) is 74.4 cm³/mol. The van der Waals surface area contributed by atoms with E-state index in [1.54, 1.807) is 0 Å². The molecule has 0 aromatic carbocycles. The van der Waals surface area contributed by atoms with Crippen molar-refractivity contribution >= 4 is 0 Å². The van der Waals surface area contributed by atoms with Crippen molar-refractivity contribution in [3.05, 3.63) is 0 Å². The smallest absolute Gasteiger partial charge is 0.0207 e. The standard InChI is InChI=1S/C15H30N2/c1-2-3-4-5-6-7-11-16-14-10-12-17(13-14)15-8-9-15/h14-16H,2-13H2,1H3. The zero-order valence-corrected chi connectivity index (χ0v) is 11.6. The van der Waals surface area contributed by atoms with Crippen LogP contribution in [0.5, 0.6) is 0 Å². The summed E-state index contributed by atoms with van der Waals surface area (Å²) in [5.74, 6) is 0. The Morgan fingerprint density at radius 3 is 2.53 bits per heavy atom. The predicted octanol–water partition coefficient (Wildman–Crippen LogP) is 3.17. The summed E-state index contributed by atoms with van der Waals surface area (Å²) in [5.41, 5.74) is 0. The van der Waals surface area contributed by atoms with Gasteiger partial charge in [-0.3, -0.25) is 4.90 Å². The Kier molecular flexibility index (Phi) is 5.79. The van der Waals surface area contributed by atoms with E-state index in [1.165, 1.54) is 77.4 Å². The molecule has 1 aliphatic heterocycles. The average Bonchev–Trinajstić information content (AvgIpc) is 3.09. The summed E-state index contributed by atoms with van der Waals surface area (Å²) < 4.78 is 0. The number of nitrogens with zero attached hydrogens (tertiary/aromatic N) is 1. The van der Waals surface area contributed by atoms with Crippen molar-refractivity contribution in [1.82, 2.24) is 10.2 Å². The lowest BCUT2D eigenvalue weighted by Crippen LogP contribution is -2.33. The normalized spacial score (nSPS) is 25.6. The zero-order chi connectivity index (χ0) is 11.9. The highest BCUT2D eigenvalue weighted by Crippen LogP contribution is 2.29. The summed E-state index contributed by atoms with van der Waals surface area (Å²) in [7, 11) is 0. The summed E-state index contributed by atoms with van der Waals surface area (Å²) in [6.07, 6.45) is 12.8. The maximum absolute atomic E-state index is 3.74. The number of rotatable bonds is 9. The molecule has 2 fully saturated rings. The second kappa shape index (κ2) is 7.38. The van der Waals surface area contributed by atoms with Crippen LogP contribution in [-0.4, -0.2) is 36.6 Å². The molecule has 2 heteroatoms. The molecule has 1 saturated heterocycles. The van der Waals surface area contributed by atoms with Gasteiger partial charge in [-0.15, -0.1) is 0 Å². The first-order valence-electron chi connectivity index (χ1n) is 7.87. The van der Waals surface area contributed by atoms with E-state index in [0.29, 0.717) is 0 Å². The second-order valence-corrected chi connectivity index (χ2v) is 5.93. The summed E-state index contributed by atoms with van der Waals surface area (Å²) in [6, 6.07) is 1.77. The van der Waals surface area contributed by atoms with Crippen LogP contribution in [0.3, 0.4) is 0 Å². The minimum absolute atomic E-state index is 0.797. The quantitative estimate of drug-likeness (QED) is 0.621. The summed E-state index contributed by atoms with van der Waals surface area (Å²) >= 11 is 0. The SMILES string of the molecule is CCCCCCCCNC1CCN(C2CC2)C1. The summed E-state index contributed by atoms with van der Waals surface area (Å²) in [5, 5.41) is 3.74. The lowest BCUT2D eigenvalue weighted by Gasteiger charge is -2.15. The van der Waals surface area contributed by atoms with Crippen molar-refractivity contribution in [2.24, 2.45) is 0 Å². The largest absolute Gasteiger partial charge is 0.313 e. The highest BCUT2D eigenvalue weighted by atomic mass is 15.2. The van der Waals surface area contributed by atoms with Crippen molar-refractivity contribution in [1.29, 1.82) is 0 Å². The molecule has 0 spiro atoms. The van der Waals surface area contributed by atoms with Crippen molar-refractivity contribution in [2.75, 3.05) is 19.6 Å². The van der Waals surface area contributed by atoms with Crippen LogP contribution >= 0.6 is 0 Å². The van der Waals surface area contributed by atoms with E-state index in [1.807, 2.05) is 0 Å². The molecule has 0 aromatic rings. The van der Waals surface area contributed by atoms with E-state index in [-0.39, 0.29) is 0 Å². The molecule has 17 heavy (non-hydrogen) atoms. The molecule has 2 nitrogen and oxygen atoms in total. The van der Waals surface area contributed by atoms with Gasteiger partial charge in [0.2, 0.25) is 0 Å². The maximum atomic E-state index is 3.74. The Balaban J connectivity index is 1.40. The third-order valence-electron chi connectivity index (χ3n) is 4.25. The van der Waals surface area contributed by atoms with Gasteiger partial charge in [0.25, 0.3) is 0 Å². The van der Waals surface area contributed by atoms with Gasteiger partial charge < -0.3 is 5.32 Å². The third-order valence-corrected chi connectivity index (χ3v) is 4.25. The van der Waals surface area contributed by atoms with E-state index in [0.717, 1.165) is 12.1 Å². The summed E-state index contributed by atoms with van der Waals surface area (Å²) in [4.78, 5) is 2.69. The van der Waals surface area contributed by atoms with Crippen LogP contribution in [0.25, 0.3) is 0 Å². The fraction of sp³-hybridized carbons (Fsp3) is 1.00. The highest BCUT2D eigenvalue weighted by molar-refractivity contribution is 4.91. The van der Waals surface area contributed by atoms with Crippen molar-refractivity contribution in [2.45, 2.75) is 76.8 Å². The van der Waals surface area contributed by atoms with Crippen LogP contribution < -0.4 is 5.32 Å². The fourth-order valence-electron chi connectivity index (χ4n) is 2.94. The molecule has 2 rings (SSSR count). The van der Waals surface area contributed by atoms with Gasteiger partial charge >= 0.3 is 0 Å². The van der Waals surface area contributed by atoms with Crippen molar-refractivity contribution in [3.8, 4) is 0 Å². The molecule has 0 bridgehead atoms. The maximum Gasteiger partial charge on any atom is 0.0207 e. The van der Waals surface area contributed by atoms with Gasteiger partial charge in [-0.25, -0.2) is 0 Å². The van der Waals surface area contributed by atoms with Gasteiger partial charge in [0.15, 0.2) is 0 Å². The minimum Gasteiger partial charge on any atom is -0.313 e. The molecule has 1 atom stereocenters. The van der Waals surface area contributed by atoms with Crippen LogP contribution in [0.2, 0.25) is 0 Å². The van der Waals surface area contributed by atoms with Gasteiger partial charge in [-0.1, -0.05) is 39.0 Å². The van der Waals surface area contributed by atoms with Gasteiger partial charge in [0, 0.05) is 25.2 Å². The van der Waals surface area contributed by atoms with Gasteiger partial charge in [-0.2, -0.15) is 0 Å². The van der Waals surface area contributed by atoms with Crippen LogP contribution in [-0.2, 0) is 0 Å². The highest BCUT2D eigenvalue weighted by Gasteiger charge is 2.33. The monoisotopic (exact) mass is 238 g/mol. The minimum atomic E-state index is 0.797. The molecule has 0 aromatic heterocycles. The van der Waals surface area contributed by atoms with Gasteiger partial charge in [0.1, 0.15) is 0 Å². The van der Waals surface area contributed by atoms with E-state index >= 15 is 0 Å². The molecule has 2 aliphatic rings. The Morgan fingerprint density at radius 1 is 1.00 bits per heavy atom. The Hall–Kier alpha value is -0.0800. The number of nitrogens with one attached hydrogen (secondary N) is 1.